The standard InChI is InChI=1S/C30H31ClN4O5/c1-30(2,3)40-34(19-36)18-20-8-7-11-22(16-20)32-28(21-9-5-4-6-10-21)29(39)33-23-12-13-25(24(31)17-23)35-26(37)14-15-27(35)38/h4-13,16-17,19,28,32H,14-15,18H2,1-3H3,(H,33,39). The topological polar surface area (TPSA) is 108 Å². The number of hydrogen-bond donors (Lipinski definition) is 2. The maximum Gasteiger partial charge on any atom is 0.251 e. The van der Waals surface area contributed by atoms with E-state index in [0.717, 1.165) is 16.0 Å². The summed E-state index contributed by atoms with van der Waals surface area (Å²) < 4.78 is 0. The molecule has 0 saturated carbocycles. The maximum absolute atomic E-state index is 13.5. The van der Waals surface area contributed by atoms with E-state index in [4.69, 9.17) is 16.4 Å². The number of nitrogens with zero attached hydrogens (tertiary/aromatic N) is 2. The third-order valence-corrected chi connectivity index (χ3v) is 6.29. The summed E-state index contributed by atoms with van der Waals surface area (Å²) in [4.78, 5) is 56.1. The molecule has 0 bridgehead atoms. The van der Waals surface area contributed by atoms with E-state index in [1.165, 1.54) is 11.1 Å². The molecule has 0 radical (unpaired) electrons. The Kier molecular flexibility index (Phi) is 8.86. The molecule has 3 aromatic rings. The zero-order valence-corrected chi connectivity index (χ0v) is 23.3. The molecule has 0 spiro atoms. The van der Waals surface area contributed by atoms with Gasteiger partial charge in [-0.15, -0.1) is 0 Å². The molecule has 1 unspecified atom stereocenters. The van der Waals surface area contributed by atoms with Crippen molar-refractivity contribution in [1.82, 2.24) is 5.06 Å². The summed E-state index contributed by atoms with van der Waals surface area (Å²) in [5.74, 6) is -0.958. The van der Waals surface area contributed by atoms with E-state index in [0.29, 0.717) is 23.5 Å². The molecule has 208 valence electrons. The molecule has 1 aliphatic rings. The van der Waals surface area contributed by atoms with Gasteiger partial charge in [-0.2, -0.15) is 0 Å². The molecule has 1 saturated heterocycles. The number of hydrogen-bond acceptors (Lipinski definition) is 6. The second-order valence-corrected chi connectivity index (χ2v) is 10.8. The van der Waals surface area contributed by atoms with Gasteiger partial charge in [0.25, 0.3) is 5.91 Å². The van der Waals surface area contributed by atoms with Gasteiger partial charge in [-0.1, -0.05) is 54.1 Å². The fourth-order valence-corrected chi connectivity index (χ4v) is 4.59. The van der Waals surface area contributed by atoms with Crippen molar-refractivity contribution in [2.45, 2.75) is 51.8 Å². The Morgan fingerprint density at radius 3 is 2.33 bits per heavy atom. The number of rotatable bonds is 10. The first-order valence-electron chi connectivity index (χ1n) is 12.8. The minimum absolute atomic E-state index is 0.149. The van der Waals surface area contributed by atoms with Crippen LogP contribution in [0.3, 0.4) is 0 Å². The Labute approximate surface area is 238 Å². The van der Waals surface area contributed by atoms with Crippen LogP contribution in [0.1, 0.15) is 50.8 Å². The van der Waals surface area contributed by atoms with Crippen LogP contribution >= 0.6 is 11.6 Å². The van der Waals surface area contributed by atoms with Gasteiger partial charge >= 0.3 is 0 Å². The van der Waals surface area contributed by atoms with E-state index in [-0.39, 0.29) is 42.1 Å². The van der Waals surface area contributed by atoms with Crippen LogP contribution in [0.2, 0.25) is 5.02 Å². The third-order valence-electron chi connectivity index (χ3n) is 5.99. The van der Waals surface area contributed by atoms with Gasteiger partial charge in [-0.25, -0.2) is 9.96 Å². The third kappa shape index (κ3) is 7.25. The first-order chi connectivity index (χ1) is 19.0. The number of carbonyl (C=O) groups excluding carboxylic acids is 4. The summed E-state index contributed by atoms with van der Waals surface area (Å²) in [6.07, 6.45) is 0.934. The summed E-state index contributed by atoms with van der Waals surface area (Å²) in [6.45, 7) is 5.80. The molecule has 10 heteroatoms. The van der Waals surface area contributed by atoms with Gasteiger partial charge in [-0.3, -0.25) is 24.0 Å². The van der Waals surface area contributed by atoms with Crippen LogP contribution in [0, 0.1) is 0 Å². The van der Waals surface area contributed by atoms with Gasteiger partial charge in [0.2, 0.25) is 18.2 Å². The van der Waals surface area contributed by atoms with Crippen LogP contribution in [0.4, 0.5) is 17.1 Å². The lowest BCUT2D eigenvalue weighted by Gasteiger charge is -2.27. The summed E-state index contributed by atoms with van der Waals surface area (Å²) >= 11 is 6.41. The Balaban J connectivity index is 1.53. The van der Waals surface area contributed by atoms with Crippen molar-refractivity contribution in [3.05, 3.63) is 88.9 Å². The number of carbonyl (C=O) groups is 4. The van der Waals surface area contributed by atoms with E-state index in [2.05, 4.69) is 10.6 Å². The van der Waals surface area contributed by atoms with Crippen molar-refractivity contribution in [3.8, 4) is 0 Å². The lowest BCUT2D eigenvalue weighted by molar-refractivity contribution is -0.220. The minimum atomic E-state index is -0.773. The van der Waals surface area contributed by atoms with E-state index in [1.54, 1.807) is 12.1 Å². The van der Waals surface area contributed by atoms with Gasteiger partial charge in [-0.05, 0) is 62.2 Å². The normalized spacial score (nSPS) is 14.2. The molecule has 1 heterocycles. The fraction of sp³-hybridized carbons (Fsp3) is 0.267. The largest absolute Gasteiger partial charge is 0.370 e. The van der Waals surface area contributed by atoms with Gasteiger partial charge < -0.3 is 10.6 Å². The van der Waals surface area contributed by atoms with Crippen LogP contribution in [0.25, 0.3) is 0 Å². The van der Waals surface area contributed by atoms with Crippen molar-refractivity contribution in [2.24, 2.45) is 0 Å². The number of benzene rings is 3. The lowest BCUT2D eigenvalue weighted by atomic mass is 10.0. The van der Waals surface area contributed by atoms with Crippen LogP contribution in [0.15, 0.2) is 72.8 Å². The number of nitrogens with one attached hydrogen (secondary N) is 2. The highest BCUT2D eigenvalue weighted by atomic mass is 35.5. The van der Waals surface area contributed by atoms with Crippen LogP contribution in [-0.4, -0.2) is 34.8 Å². The minimum Gasteiger partial charge on any atom is -0.370 e. The van der Waals surface area contributed by atoms with Gasteiger partial charge in [0.05, 0.1) is 22.9 Å². The second kappa shape index (κ2) is 12.3. The molecule has 1 atom stereocenters. The Morgan fingerprint density at radius 2 is 1.70 bits per heavy atom. The second-order valence-electron chi connectivity index (χ2n) is 10.4. The number of hydroxylamine groups is 2. The Morgan fingerprint density at radius 1 is 1.00 bits per heavy atom. The fourth-order valence-electron chi connectivity index (χ4n) is 4.32. The Bertz CT molecular complexity index is 1390. The van der Waals surface area contributed by atoms with E-state index in [1.807, 2.05) is 75.4 Å². The summed E-state index contributed by atoms with van der Waals surface area (Å²) in [7, 11) is 0. The average molecular weight is 563 g/mol. The highest BCUT2D eigenvalue weighted by molar-refractivity contribution is 6.36. The van der Waals surface area contributed by atoms with Crippen LogP contribution in [0.5, 0.6) is 0 Å². The van der Waals surface area contributed by atoms with Gasteiger partial charge in [0.1, 0.15) is 6.04 Å². The number of imide groups is 1. The SMILES string of the molecule is CC(C)(C)ON(C=O)Cc1cccc(NC(C(=O)Nc2ccc(N3C(=O)CCC3=O)c(Cl)c2)c2ccccc2)c1. The number of amides is 4. The average Bonchev–Trinajstić information content (AvgIpc) is 3.24. The van der Waals surface area contributed by atoms with E-state index >= 15 is 0 Å². The zero-order valence-electron chi connectivity index (χ0n) is 22.5. The predicted molar refractivity (Wildman–Crippen MR) is 154 cm³/mol. The molecule has 0 aromatic heterocycles. The van der Waals surface area contributed by atoms with Crippen molar-refractivity contribution in [2.75, 3.05) is 15.5 Å². The Hall–Kier alpha value is -4.21. The zero-order chi connectivity index (χ0) is 28.9. The highest BCUT2D eigenvalue weighted by Gasteiger charge is 2.32. The molecule has 3 aromatic carbocycles. The van der Waals surface area contributed by atoms with Gasteiger partial charge in [0, 0.05) is 24.2 Å². The smallest absolute Gasteiger partial charge is 0.251 e. The molecular weight excluding hydrogens is 532 g/mol. The van der Waals surface area contributed by atoms with Crippen molar-refractivity contribution < 1.29 is 24.0 Å². The summed E-state index contributed by atoms with van der Waals surface area (Å²) in [5, 5.41) is 7.57. The lowest BCUT2D eigenvalue weighted by Crippen LogP contribution is -2.32. The van der Waals surface area contributed by atoms with Crippen molar-refractivity contribution >= 4 is 52.8 Å². The molecule has 2 N–H and O–H groups in total. The molecule has 4 amide bonds. The van der Waals surface area contributed by atoms with Crippen molar-refractivity contribution in [1.29, 1.82) is 0 Å². The first kappa shape index (κ1) is 28.8. The van der Waals surface area contributed by atoms with Crippen molar-refractivity contribution in [3.63, 3.8) is 0 Å². The monoisotopic (exact) mass is 562 g/mol. The quantitative estimate of drug-likeness (QED) is 0.193. The van der Waals surface area contributed by atoms with Crippen LogP contribution in [-0.2, 0) is 30.6 Å². The highest BCUT2D eigenvalue weighted by Crippen LogP contribution is 2.33. The van der Waals surface area contributed by atoms with E-state index < -0.39 is 11.6 Å². The molecule has 4 rings (SSSR count). The summed E-state index contributed by atoms with van der Waals surface area (Å²) in [6, 6.07) is 20.5. The molecular formula is C30H31ClN4O5. The van der Waals surface area contributed by atoms with Gasteiger partial charge in [0.15, 0.2) is 0 Å². The maximum atomic E-state index is 13.5. The first-order valence-corrected chi connectivity index (χ1v) is 13.2. The van der Waals surface area contributed by atoms with Crippen LogP contribution < -0.4 is 15.5 Å². The number of halogens is 1. The molecule has 0 aliphatic carbocycles. The predicted octanol–water partition coefficient (Wildman–Crippen LogP) is 5.47. The number of anilines is 3. The molecule has 1 aliphatic heterocycles. The molecule has 40 heavy (non-hydrogen) atoms. The molecule has 1 fully saturated rings. The molecule has 9 nitrogen and oxygen atoms in total. The summed E-state index contributed by atoms with van der Waals surface area (Å²) in [5.41, 5.74) is 2.38. The van der Waals surface area contributed by atoms with E-state index in [9.17, 15) is 19.2 Å².